The van der Waals surface area contributed by atoms with Crippen molar-refractivity contribution in [3.8, 4) is 0 Å². The highest BCUT2D eigenvalue weighted by Gasteiger charge is 2.42. The quantitative estimate of drug-likeness (QED) is 0.502. The third-order valence-corrected chi connectivity index (χ3v) is 2.41. The van der Waals surface area contributed by atoms with E-state index in [-0.39, 0.29) is 19.4 Å². The van der Waals surface area contributed by atoms with Gasteiger partial charge in [0.1, 0.15) is 6.17 Å². The van der Waals surface area contributed by atoms with Gasteiger partial charge in [0.15, 0.2) is 24.7 Å². The van der Waals surface area contributed by atoms with Crippen molar-refractivity contribution in [1.29, 1.82) is 0 Å². The maximum absolute atomic E-state index is 13.1. The van der Waals surface area contributed by atoms with Gasteiger partial charge in [-0.3, -0.25) is 0 Å². The van der Waals surface area contributed by atoms with Crippen molar-refractivity contribution in [2.75, 3.05) is 6.61 Å². The molecule has 110 valence electrons. The highest BCUT2D eigenvalue weighted by atomic mass is 19.2. The van der Waals surface area contributed by atoms with E-state index in [1.54, 1.807) is 0 Å². The monoisotopic (exact) mass is 282 g/mol. The van der Waals surface area contributed by atoms with Gasteiger partial charge in [-0.1, -0.05) is 0 Å². The maximum Gasteiger partial charge on any atom is 0.231 e. The molecule has 0 aromatic carbocycles. The summed E-state index contributed by atoms with van der Waals surface area (Å²) in [6.45, 7) is -0.255. The number of halogens is 6. The Kier molecular flexibility index (Phi) is 8.34. The lowest BCUT2D eigenvalue weighted by Gasteiger charge is -2.22. The average Bonchev–Trinajstić information content (AvgIpc) is 2.35. The summed E-state index contributed by atoms with van der Waals surface area (Å²) in [4.78, 5) is 0. The molecule has 0 aromatic rings. The topological polar surface area (TPSA) is 40.5 Å². The summed E-state index contributed by atoms with van der Waals surface area (Å²) in [5, 5.41) is 16.4. The van der Waals surface area contributed by atoms with Crippen LogP contribution in [0.3, 0.4) is 0 Å². The lowest BCUT2D eigenvalue weighted by molar-refractivity contribution is -0.0873. The third-order valence-electron chi connectivity index (χ3n) is 2.41. The van der Waals surface area contributed by atoms with Crippen LogP contribution in [0, 0.1) is 0 Å². The molecule has 2 N–H and O–H groups in total. The molecule has 0 saturated carbocycles. The Morgan fingerprint density at radius 2 is 1.22 bits per heavy atom. The minimum atomic E-state index is -3.29. The average molecular weight is 282 g/mol. The van der Waals surface area contributed by atoms with E-state index in [1.807, 2.05) is 0 Å². The molecule has 0 saturated heterocycles. The number of hydrogen-bond acceptors (Lipinski definition) is 2. The molecule has 0 aliphatic rings. The minimum absolute atomic E-state index is 0.0482. The molecule has 18 heavy (non-hydrogen) atoms. The highest BCUT2D eigenvalue weighted by Crippen LogP contribution is 2.25. The summed E-state index contributed by atoms with van der Waals surface area (Å²) in [6.07, 6.45) is -18.6. The maximum atomic E-state index is 13.1. The smallest absolute Gasteiger partial charge is 0.231 e. The van der Waals surface area contributed by atoms with Crippen molar-refractivity contribution < 1.29 is 36.6 Å². The van der Waals surface area contributed by atoms with E-state index < -0.39 is 43.6 Å². The zero-order valence-electron chi connectivity index (χ0n) is 9.45. The van der Waals surface area contributed by atoms with Gasteiger partial charge in [-0.05, 0) is 19.3 Å². The molecule has 2 nitrogen and oxygen atoms in total. The molecule has 0 amide bonds. The lowest BCUT2D eigenvalue weighted by Crippen LogP contribution is -2.42. The second-order valence-corrected chi connectivity index (χ2v) is 3.89. The van der Waals surface area contributed by atoms with Crippen molar-refractivity contribution in [2.45, 2.75) is 56.5 Å². The van der Waals surface area contributed by atoms with Crippen molar-refractivity contribution in [3.05, 3.63) is 0 Å². The summed E-state index contributed by atoms with van der Waals surface area (Å²) in [5.74, 6) is 0. The summed E-state index contributed by atoms with van der Waals surface area (Å²) in [5.41, 5.74) is 0. The van der Waals surface area contributed by atoms with Crippen LogP contribution in [0.25, 0.3) is 0 Å². The second kappa shape index (κ2) is 8.58. The fourth-order valence-electron chi connectivity index (χ4n) is 1.31. The first-order chi connectivity index (χ1) is 8.32. The normalized spacial score (nSPS) is 22.0. The van der Waals surface area contributed by atoms with Crippen LogP contribution >= 0.6 is 0 Å². The van der Waals surface area contributed by atoms with Gasteiger partial charge >= 0.3 is 0 Å². The van der Waals surface area contributed by atoms with Gasteiger partial charge in [0.05, 0.1) is 0 Å². The molecular formula is C10H16F6O2. The van der Waals surface area contributed by atoms with Gasteiger partial charge in [0.2, 0.25) is 6.36 Å². The first kappa shape index (κ1) is 17.5. The predicted molar refractivity (Wildman–Crippen MR) is 52.5 cm³/mol. The molecule has 0 aliphatic carbocycles. The van der Waals surface area contributed by atoms with Gasteiger partial charge < -0.3 is 10.2 Å². The van der Waals surface area contributed by atoms with Crippen LogP contribution in [0.2, 0.25) is 0 Å². The summed E-state index contributed by atoms with van der Waals surface area (Å²) in [6, 6.07) is 0. The Hall–Kier alpha value is -0.500. The first-order valence-electron chi connectivity index (χ1n) is 5.46. The van der Waals surface area contributed by atoms with E-state index in [0.29, 0.717) is 0 Å². The molecule has 6 atom stereocenters. The predicted octanol–water partition coefficient (Wildman–Crippen LogP) is 2.13. The molecule has 0 heterocycles. The largest absolute Gasteiger partial charge is 0.396 e. The Labute approximate surface area is 101 Å². The van der Waals surface area contributed by atoms with Gasteiger partial charge in [-0.25, -0.2) is 26.3 Å². The van der Waals surface area contributed by atoms with Crippen molar-refractivity contribution in [2.24, 2.45) is 0 Å². The molecule has 0 bridgehead atoms. The Balaban J connectivity index is 4.26. The van der Waals surface area contributed by atoms with E-state index >= 15 is 0 Å². The number of unbranched alkanes of at least 4 members (excludes halogenated alkanes) is 1. The van der Waals surface area contributed by atoms with Crippen molar-refractivity contribution in [1.82, 2.24) is 0 Å². The summed E-state index contributed by atoms with van der Waals surface area (Å²) >= 11 is 0. The van der Waals surface area contributed by atoms with Crippen LogP contribution in [0.5, 0.6) is 0 Å². The van der Waals surface area contributed by atoms with Gasteiger partial charge in [-0.2, -0.15) is 0 Å². The summed E-state index contributed by atoms with van der Waals surface area (Å²) in [7, 11) is 0. The number of rotatable bonds is 9. The van der Waals surface area contributed by atoms with E-state index in [2.05, 4.69) is 0 Å². The fourth-order valence-corrected chi connectivity index (χ4v) is 1.31. The number of alkyl halides is 6. The zero-order valence-corrected chi connectivity index (χ0v) is 9.45. The molecule has 0 aliphatic heterocycles. The van der Waals surface area contributed by atoms with Crippen molar-refractivity contribution in [3.63, 3.8) is 0 Å². The Morgan fingerprint density at radius 1 is 0.722 bits per heavy atom. The van der Waals surface area contributed by atoms with Crippen LogP contribution < -0.4 is 0 Å². The lowest BCUT2D eigenvalue weighted by atomic mass is 10.0. The molecule has 0 rings (SSSR count). The first-order valence-corrected chi connectivity index (χ1v) is 5.46. The second-order valence-electron chi connectivity index (χ2n) is 3.89. The van der Waals surface area contributed by atoms with Crippen LogP contribution in [0.4, 0.5) is 26.3 Å². The van der Waals surface area contributed by atoms with Gasteiger partial charge in [-0.15, -0.1) is 0 Å². The van der Waals surface area contributed by atoms with Gasteiger partial charge in [0, 0.05) is 6.61 Å². The molecule has 0 spiro atoms. The fraction of sp³-hybridized carbons (Fsp3) is 1.00. The van der Waals surface area contributed by atoms with E-state index in [1.165, 1.54) is 0 Å². The van der Waals surface area contributed by atoms with Crippen LogP contribution in [0.1, 0.15) is 19.3 Å². The Bertz CT molecular complexity index is 219. The molecular weight excluding hydrogens is 266 g/mol. The minimum Gasteiger partial charge on any atom is -0.396 e. The zero-order chi connectivity index (χ0) is 14.3. The number of aliphatic hydroxyl groups excluding tert-OH is 2. The summed E-state index contributed by atoms with van der Waals surface area (Å²) < 4.78 is 76.5. The Morgan fingerprint density at radius 3 is 1.67 bits per heavy atom. The molecule has 0 aromatic heterocycles. The number of hydrogen-bond donors (Lipinski definition) is 2. The number of aliphatic hydroxyl groups is 2. The molecule has 8 heteroatoms. The van der Waals surface area contributed by atoms with Crippen LogP contribution in [-0.4, -0.2) is 54.0 Å². The molecule has 0 radical (unpaired) electrons. The SMILES string of the molecule is OCCCCC(F)C(F)C(F)C(F)C(F)C(O)F. The standard InChI is InChI=1S/C10H16F6O2/c11-5(3-1-2-4-17)6(12)7(13)8(14)9(15)10(16)18/h5-10,17-18H,1-4H2. The molecule has 6 unspecified atom stereocenters. The van der Waals surface area contributed by atoms with E-state index in [9.17, 15) is 26.3 Å². The van der Waals surface area contributed by atoms with Gasteiger partial charge in [0.25, 0.3) is 0 Å². The molecule has 0 fully saturated rings. The van der Waals surface area contributed by atoms with Crippen LogP contribution in [-0.2, 0) is 0 Å². The van der Waals surface area contributed by atoms with Crippen LogP contribution in [0.15, 0.2) is 0 Å². The third kappa shape index (κ3) is 5.43. The van der Waals surface area contributed by atoms with Crippen molar-refractivity contribution >= 4 is 0 Å². The van der Waals surface area contributed by atoms with E-state index in [0.717, 1.165) is 0 Å². The highest BCUT2D eigenvalue weighted by molar-refractivity contribution is 4.87. The van der Waals surface area contributed by atoms with E-state index in [4.69, 9.17) is 10.2 Å².